The molecule has 3 N–H and O–H groups in total. The third-order valence-electron chi connectivity index (χ3n) is 15.7. The Morgan fingerprint density at radius 1 is 0.310 bits per heavy atom. The number of aliphatic hydroxyl groups excluding tert-OH is 1. The first-order valence-electron chi connectivity index (χ1n) is 35.5. The van der Waals surface area contributed by atoms with E-state index in [9.17, 15) is 43.2 Å². The van der Waals surface area contributed by atoms with E-state index in [2.05, 4.69) is 41.5 Å². The largest absolute Gasteiger partial charge is 0.472 e. The average molecular weight is 1280 g/mol. The van der Waals surface area contributed by atoms with E-state index in [-0.39, 0.29) is 25.7 Å². The van der Waals surface area contributed by atoms with E-state index in [4.69, 9.17) is 37.0 Å². The standard InChI is InChI=1S/C68H132O17P2/c1-7-9-11-13-15-17-19-20-21-22-24-26-34-41-47-53-68(73)84-63(56-78-65(70)50-44-38-32-28-27-30-36-42-48-60(3)4)58-82-86(74,75)80-54-62(69)55-81-87(76,77)83-59-64(57-79-66(71)51-45-39-35-29-31-37-43-49-61(5)6)85-67(72)52-46-40-33-25-23-18-16-14-12-10-8-2/h60-64,69H,7-59H2,1-6H3,(H,74,75)(H,76,77)/t62-,63-,64-/m1/s1. The molecule has 0 heterocycles. The van der Waals surface area contributed by atoms with Crippen LogP contribution < -0.4 is 0 Å². The van der Waals surface area contributed by atoms with Gasteiger partial charge >= 0.3 is 39.5 Å². The summed E-state index contributed by atoms with van der Waals surface area (Å²) in [7, 11) is -9.89. The molecule has 19 heteroatoms. The maximum absolute atomic E-state index is 13.0. The molecule has 0 fully saturated rings. The van der Waals surface area contributed by atoms with Gasteiger partial charge in [-0.1, -0.05) is 292 Å². The first-order valence-corrected chi connectivity index (χ1v) is 38.5. The zero-order chi connectivity index (χ0) is 64.3. The molecule has 0 aliphatic rings. The van der Waals surface area contributed by atoms with Gasteiger partial charge in [0.25, 0.3) is 0 Å². The van der Waals surface area contributed by atoms with Crippen LogP contribution in [-0.2, 0) is 65.4 Å². The van der Waals surface area contributed by atoms with Crippen molar-refractivity contribution in [3.63, 3.8) is 0 Å². The summed E-state index contributed by atoms with van der Waals surface area (Å²) < 4.78 is 68.2. The van der Waals surface area contributed by atoms with Gasteiger partial charge in [0.05, 0.1) is 26.4 Å². The lowest BCUT2D eigenvalue weighted by Gasteiger charge is -2.21. The van der Waals surface area contributed by atoms with E-state index in [1.165, 1.54) is 154 Å². The van der Waals surface area contributed by atoms with Gasteiger partial charge < -0.3 is 33.8 Å². The Labute approximate surface area is 530 Å². The van der Waals surface area contributed by atoms with Crippen LogP contribution in [0.25, 0.3) is 0 Å². The van der Waals surface area contributed by atoms with Crippen LogP contribution in [0, 0.1) is 11.8 Å². The number of esters is 4. The average Bonchev–Trinajstić information content (AvgIpc) is 3.69. The van der Waals surface area contributed by atoms with Gasteiger partial charge in [-0.15, -0.1) is 0 Å². The van der Waals surface area contributed by atoms with Crippen LogP contribution in [0.15, 0.2) is 0 Å². The van der Waals surface area contributed by atoms with Gasteiger partial charge in [-0.3, -0.25) is 37.3 Å². The summed E-state index contributed by atoms with van der Waals surface area (Å²) in [6.07, 6.45) is 44.5. The van der Waals surface area contributed by atoms with Gasteiger partial charge in [0, 0.05) is 25.7 Å². The summed E-state index contributed by atoms with van der Waals surface area (Å²) in [6.45, 7) is 9.44. The van der Waals surface area contributed by atoms with Crippen LogP contribution in [-0.4, -0.2) is 96.7 Å². The normalized spacial score (nSPS) is 14.2. The molecule has 0 rings (SSSR count). The smallest absolute Gasteiger partial charge is 0.462 e. The van der Waals surface area contributed by atoms with E-state index >= 15 is 0 Å². The molecule has 0 radical (unpaired) electrons. The van der Waals surface area contributed by atoms with Crippen molar-refractivity contribution in [1.29, 1.82) is 0 Å². The molecule has 0 saturated heterocycles. The van der Waals surface area contributed by atoms with Crippen molar-refractivity contribution in [2.24, 2.45) is 11.8 Å². The Kier molecular flexibility index (Phi) is 59.0. The van der Waals surface area contributed by atoms with Crippen molar-refractivity contribution in [1.82, 2.24) is 0 Å². The fourth-order valence-electron chi connectivity index (χ4n) is 10.2. The Hall–Kier alpha value is -1.94. The molecular weight excluding hydrogens is 1150 g/mol. The number of aliphatic hydroxyl groups is 1. The third-order valence-corrected chi connectivity index (χ3v) is 17.6. The van der Waals surface area contributed by atoms with Crippen LogP contribution >= 0.6 is 15.6 Å². The number of carbonyl (C=O) groups is 4. The van der Waals surface area contributed by atoms with E-state index < -0.39 is 97.5 Å². The van der Waals surface area contributed by atoms with Gasteiger partial charge in [0.2, 0.25) is 0 Å². The quantitative estimate of drug-likeness (QED) is 0.0222. The minimum Gasteiger partial charge on any atom is -0.462 e. The highest BCUT2D eigenvalue weighted by atomic mass is 31.2. The summed E-state index contributed by atoms with van der Waals surface area (Å²) >= 11 is 0. The van der Waals surface area contributed by atoms with Crippen LogP contribution in [0.4, 0.5) is 0 Å². The maximum Gasteiger partial charge on any atom is 0.472 e. The van der Waals surface area contributed by atoms with Gasteiger partial charge in [0.15, 0.2) is 12.2 Å². The molecular formula is C68H132O17P2. The number of phosphoric acid groups is 2. The predicted octanol–water partition coefficient (Wildman–Crippen LogP) is 19.2. The number of carbonyl (C=O) groups excluding carboxylic acids is 4. The number of unbranched alkanes of at least 4 members (excludes halogenated alkanes) is 37. The van der Waals surface area contributed by atoms with E-state index in [0.29, 0.717) is 31.6 Å². The second-order valence-corrected chi connectivity index (χ2v) is 28.4. The third kappa shape index (κ3) is 62.6. The van der Waals surface area contributed by atoms with E-state index in [1.807, 2.05) is 0 Å². The Bertz CT molecular complexity index is 1700. The number of hydrogen-bond donors (Lipinski definition) is 3. The fraction of sp³-hybridized carbons (Fsp3) is 0.941. The monoisotopic (exact) mass is 1280 g/mol. The van der Waals surface area contributed by atoms with Crippen LogP contribution in [0.3, 0.4) is 0 Å². The lowest BCUT2D eigenvalue weighted by molar-refractivity contribution is -0.161. The SMILES string of the molecule is CCCCCCCCCCCCCCCCCC(=O)O[C@H](COC(=O)CCCCCCCCCCC(C)C)COP(=O)(O)OC[C@@H](O)COP(=O)(O)OC[C@@H](COC(=O)CCCCCCCCCC(C)C)OC(=O)CCCCCCCCCCCCC. The molecule has 87 heavy (non-hydrogen) atoms. The Morgan fingerprint density at radius 2 is 0.529 bits per heavy atom. The van der Waals surface area contributed by atoms with E-state index in [1.54, 1.807) is 0 Å². The highest BCUT2D eigenvalue weighted by Gasteiger charge is 2.30. The van der Waals surface area contributed by atoms with Gasteiger partial charge in [0.1, 0.15) is 19.3 Å². The molecule has 0 aliphatic carbocycles. The number of rotatable bonds is 67. The summed E-state index contributed by atoms with van der Waals surface area (Å²) in [4.78, 5) is 72.4. The molecule has 0 amide bonds. The number of ether oxygens (including phenoxy) is 4. The van der Waals surface area contributed by atoms with Crippen molar-refractivity contribution in [2.45, 2.75) is 362 Å². The van der Waals surface area contributed by atoms with Crippen molar-refractivity contribution < 1.29 is 80.2 Å². The molecule has 0 aromatic rings. The first-order chi connectivity index (χ1) is 41.9. The van der Waals surface area contributed by atoms with Crippen molar-refractivity contribution in [3.05, 3.63) is 0 Å². The second-order valence-electron chi connectivity index (χ2n) is 25.5. The van der Waals surface area contributed by atoms with Gasteiger partial charge in [-0.2, -0.15) is 0 Å². The molecule has 0 aromatic heterocycles. The van der Waals surface area contributed by atoms with Crippen LogP contribution in [0.1, 0.15) is 343 Å². The molecule has 17 nitrogen and oxygen atoms in total. The highest BCUT2D eigenvalue weighted by molar-refractivity contribution is 7.47. The molecule has 0 spiro atoms. The Morgan fingerprint density at radius 3 is 0.782 bits per heavy atom. The number of phosphoric ester groups is 2. The van der Waals surface area contributed by atoms with Crippen molar-refractivity contribution >= 4 is 39.5 Å². The molecule has 0 bridgehead atoms. The van der Waals surface area contributed by atoms with Gasteiger partial charge in [-0.05, 0) is 37.5 Å². The molecule has 0 aliphatic heterocycles. The number of hydrogen-bond acceptors (Lipinski definition) is 15. The Balaban J connectivity index is 5.24. The molecule has 2 unspecified atom stereocenters. The minimum atomic E-state index is -4.95. The molecule has 0 saturated carbocycles. The molecule has 0 aromatic carbocycles. The maximum atomic E-state index is 13.0. The van der Waals surface area contributed by atoms with Crippen molar-refractivity contribution in [2.75, 3.05) is 39.6 Å². The summed E-state index contributed by atoms with van der Waals surface area (Å²) in [5.41, 5.74) is 0. The molecule has 516 valence electrons. The van der Waals surface area contributed by atoms with Crippen LogP contribution in [0.5, 0.6) is 0 Å². The minimum absolute atomic E-state index is 0.106. The van der Waals surface area contributed by atoms with E-state index in [0.717, 1.165) is 102 Å². The highest BCUT2D eigenvalue weighted by Crippen LogP contribution is 2.45. The zero-order valence-electron chi connectivity index (χ0n) is 56.3. The lowest BCUT2D eigenvalue weighted by atomic mass is 10.0. The second kappa shape index (κ2) is 60.3. The molecule has 5 atom stereocenters. The lowest BCUT2D eigenvalue weighted by Crippen LogP contribution is -2.30. The predicted molar refractivity (Wildman–Crippen MR) is 349 cm³/mol. The summed E-state index contributed by atoms with van der Waals surface area (Å²) in [5, 5.41) is 10.6. The summed E-state index contributed by atoms with van der Waals surface area (Å²) in [5.74, 6) is -0.695. The summed E-state index contributed by atoms with van der Waals surface area (Å²) in [6, 6.07) is 0. The fourth-order valence-corrected chi connectivity index (χ4v) is 11.8. The first kappa shape index (κ1) is 85.1. The van der Waals surface area contributed by atoms with Crippen LogP contribution in [0.2, 0.25) is 0 Å². The zero-order valence-corrected chi connectivity index (χ0v) is 58.1. The van der Waals surface area contributed by atoms with Gasteiger partial charge in [-0.25, -0.2) is 9.13 Å². The van der Waals surface area contributed by atoms with Crippen molar-refractivity contribution in [3.8, 4) is 0 Å². The topological polar surface area (TPSA) is 237 Å².